The fourth-order valence-corrected chi connectivity index (χ4v) is 3.53. The standard InChI is InChI=1S/C14H20N4S/c1-17-10-4-5-11(17)9-18(8-6-10)12-3-2-7-16-13(12)14(15)19/h2-3,7,10-11H,4-6,8-9H2,1H3,(H2,15,19). The minimum absolute atomic E-state index is 0.387. The maximum Gasteiger partial charge on any atom is 0.124 e. The van der Waals surface area contributed by atoms with Crippen LogP contribution in [0.2, 0.25) is 0 Å². The van der Waals surface area contributed by atoms with Gasteiger partial charge in [-0.3, -0.25) is 9.88 Å². The van der Waals surface area contributed by atoms with Crippen molar-refractivity contribution in [3.8, 4) is 0 Å². The summed E-state index contributed by atoms with van der Waals surface area (Å²) in [7, 11) is 2.25. The Bertz CT molecular complexity index is 490. The average molecular weight is 276 g/mol. The molecule has 2 atom stereocenters. The van der Waals surface area contributed by atoms with Crippen LogP contribution in [0.1, 0.15) is 25.0 Å². The van der Waals surface area contributed by atoms with Gasteiger partial charge in [0.15, 0.2) is 0 Å². The Morgan fingerprint density at radius 3 is 2.95 bits per heavy atom. The molecule has 102 valence electrons. The van der Waals surface area contributed by atoms with Crippen molar-refractivity contribution < 1.29 is 0 Å². The molecule has 2 bridgehead atoms. The molecule has 0 spiro atoms. The molecule has 0 radical (unpaired) electrons. The lowest BCUT2D eigenvalue weighted by Gasteiger charge is -2.28. The van der Waals surface area contributed by atoms with Crippen LogP contribution in [0.25, 0.3) is 0 Å². The van der Waals surface area contributed by atoms with Crippen LogP contribution in [0.15, 0.2) is 18.3 Å². The van der Waals surface area contributed by atoms with Gasteiger partial charge < -0.3 is 10.6 Å². The summed E-state index contributed by atoms with van der Waals surface area (Å²) < 4.78 is 0. The molecule has 2 aliphatic rings. The molecular weight excluding hydrogens is 256 g/mol. The highest BCUT2D eigenvalue weighted by atomic mass is 32.1. The number of thiocarbonyl (C=S) groups is 1. The van der Waals surface area contributed by atoms with Gasteiger partial charge in [0.1, 0.15) is 10.7 Å². The monoisotopic (exact) mass is 276 g/mol. The molecule has 0 saturated carbocycles. The topological polar surface area (TPSA) is 45.4 Å². The fourth-order valence-electron chi connectivity index (χ4n) is 3.37. The first-order valence-corrected chi connectivity index (χ1v) is 7.29. The number of aromatic nitrogens is 1. The van der Waals surface area contributed by atoms with E-state index in [1.165, 1.54) is 19.3 Å². The van der Waals surface area contributed by atoms with Crippen LogP contribution in [0.5, 0.6) is 0 Å². The molecule has 4 nitrogen and oxygen atoms in total. The first kappa shape index (κ1) is 12.8. The molecule has 0 aromatic carbocycles. The Balaban J connectivity index is 1.89. The van der Waals surface area contributed by atoms with E-state index in [0.717, 1.165) is 30.5 Å². The Labute approximate surface area is 119 Å². The van der Waals surface area contributed by atoms with Gasteiger partial charge in [0, 0.05) is 31.4 Å². The number of hydrogen-bond donors (Lipinski definition) is 1. The summed E-state index contributed by atoms with van der Waals surface area (Å²) in [5, 5.41) is 0. The maximum atomic E-state index is 5.80. The first-order chi connectivity index (χ1) is 9.16. The van der Waals surface area contributed by atoms with Crippen LogP contribution in [-0.2, 0) is 0 Å². The van der Waals surface area contributed by atoms with E-state index < -0.39 is 0 Å². The van der Waals surface area contributed by atoms with Crippen molar-refractivity contribution in [3.05, 3.63) is 24.0 Å². The van der Waals surface area contributed by atoms with Crippen molar-refractivity contribution in [2.45, 2.75) is 31.3 Å². The third kappa shape index (κ3) is 2.32. The average Bonchev–Trinajstić information content (AvgIpc) is 2.63. The van der Waals surface area contributed by atoms with E-state index in [-0.39, 0.29) is 0 Å². The smallest absolute Gasteiger partial charge is 0.124 e. The molecule has 1 aromatic rings. The summed E-state index contributed by atoms with van der Waals surface area (Å²) in [5.41, 5.74) is 7.65. The highest BCUT2D eigenvalue weighted by Gasteiger charge is 2.35. The lowest BCUT2D eigenvalue weighted by Crippen LogP contribution is -2.37. The summed E-state index contributed by atoms with van der Waals surface area (Å²) in [6.07, 6.45) is 5.59. The summed E-state index contributed by atoms with van der Waals surface area (Å²) in [6, 6.07) is 5.43. The van der Waals surface area contributed by atoms with Gasteiger partial charge in [-0.15, -0.1) is 0 Å². The van der Waals surface area contributed by atoms with Crippen LogP contribution in [0.3, 0.4) is 0 Å². The molecule has 2 saturated heterocycles. The van der Waals surface area contributed by atoms with Crippen molar-refractivity contribution in [2.24, 2.45) is 5.73 Å². The van der Waals surface area contributed by atoms with Gasteiger partial charge in [-0.25, -0.2) is 0 Å². The van der Waals surface area contributed by atoms with E-state index in [0.29, 0.717) is 11.0 Å². The number of nitrogens with zero attached hydrogens (tertiary/aromatic N) is 3. The molecule has 2 aliphatic heterocycles. The van der Waals surface area contributed by atoms with Crippen molar-refractivity contribution in [1.29, 1.82) is 0 Å². The van der Waals surface area contributed by atoms with Gasteiger partial charge in [-0.05, 0) is 38.4 Å². The highest BCUT2D eigenvalue weighted by Crippen LogP contribution is 2.31. The molecule has 3 heterocycles. The molecule has 1 aromatic heterocycles. The lowest BCUT2D eigenvalue weighted by molar-refractivity contribution is 0.254. The van der Waals surface area contributed by atoms with Crippen molar-refractivity contribution in [1.82, 2.24) is 9.88 Å². The van der Waals surface area contributed by atoms with Gasteiger partial charge in [-0.2, -0.15) is 0 Å². The fraction of sp³-hybridized carbons (Fsp3) is 0.571. The van der Waals surface area contributed by atoms with Crippen LogP contribution < -0.4 is 10.6 Å². The van der Waals surface area contributed by atoms with Gasteiger partial charge in [0.05, 0.1) is 5.69 Å². The summed E-state index contributed by atoms with van der Waals surface area (Å²) >= 11 is 5.12. The summed E-state index contributed by atoms with van der Waals surface area (Å²) in [4.78, 5) is 9.67. The Hall–Kier alpha value is -1.20. The number of pyridine rings is 1. The number of fused-ring (bicyclic) bond motifs is 2. The number of anilines is 1. The normalized spacial score (nSPS) is 27.3. The molecule has 2 unspecified atom stereocenters. The molecule has 0 amide bonds. The Morgan fingerprint density at radius 1 is 1.37 bits per heavy atom. The molecule has 5 heteroatoms. The second kappa shape index (κ2) is 5.06. The van der Waals surface area contributed by atoms with E-state index in [1.54, 1.807) is 6.20 Å². The quantitative estimate of drug-likeness (QED) is 0.827. The molecule has 19 heavy (non-hydrogen) atoms. The number of rotatable bonds is 2. The van der Waals surface area contributed by atoms with Gasteiger partial charge >= 0.3 is 0 Å². The third-order valence-electron chi connectivity index (χ3n) is 4.51. The molecule has 2 fully saturated rings. The van der Waals surface area contributed by atoms with Crippen LogP contribution in [0.4, 0.5) is 5.69 Å². The number of nitrogens with two attached hydrogens (primary N) is 1. The van der Waals surface area contributed by atoms with Crippen LogP contribution in [0, 0.1) is 0 Å². The van der Waals surface area contributed by atoms with Gasteiger partial charge in [-0.1, -0.05) is 12.2 Å². The SMILES string of the molecule is CN1C2CCC1CN(c1cccnc1C(N)=S)CC2. The van der Waals surface area contributed by atoms with Crippen molar-refractivity contribution in [3.63, 3.8) is 0 Å². The second-order valence-electron chi connectivity index (χ2n) is 5.52. The third-order valence-corrected chi connectivity index (χ3v) is 4.70. The number of likely N-dealkylation sites (N-methyl/N-ethyl adjacent to an activating group) is 1. The van der Waals surface area contributed by atoms with E-state index in [1.807, 2.05) is 6.07 Å². The van der Waals surface area contributed by atoms with Gasteiger partial charge in [0.25, 0.3) is 0 Å². The first-order valence-electron chi connectivity index (χ1n) is 6.88. The molecule has 2 N–H and O–H groups in total. The predicted molar refractivity (Wildman–Crippen MR) is 81.5 cm³/mol. The van der Waals surface area contributed by atoms with E-state index >= 15 is 0 Å². The molecular formula is C14H20N4S. The summed E-state index contributed by atoms with van der Waals surface area (Å²) in [6.45, 7) is 2.11. The Morgan fingerprint density at radius 2 is 2.16 bits per heavy atom. The minimum Gasteiger partial charge on any atom is -0.388 e. The lowest BCUT2D eigenvalue weighted by atomic mass is 10.1. The molecule has 0 aliphatic carbocycles. The van der Waals surface area contributed by atoms with Crippen LogP contribution >= 0.6 is 12.2 Å². The zero-order chi connectivity index (χ0) is 13.4. The van der Waals surface area contributed by atoms with E-state index in [2.05, 4.69) is 27.9 Å². The Kier molecular flexibility index (Phi) is 3.41. The van der Waals surface area contributed by atoms with E-state index in [9.17, 15) is 0 Å². The molecule has 3 rings (SSSR count). The van der Waals surface area contributed by atoms with E-state index in [4.69, 9.17) is 18.0 Å². The highest BCUT2D eigenvalue weighted by molar-refractivity contribution is 7.80. The maximum absolute atomic E-state index is 5.80. The van der Waals surface area contributed by atoms with Crippen molar-refractivity contribution in [2.75, 3.05) is 25.0 Å². The zero-order valence-corrected chi connectivity index (χ0v) is 12.1. The van der Waals surface area contributed by atoms with Crippen molar-refractivity contribution >= 4 is 22.9 Å². The van der Waals surface area contributed by atoms with Gasteiger partial charge in [0.2, 0.25) is 0 Å². The van der Waals surface area contributed by atoms with Crippen LogP contribution in [-0.4, -0.2) is 47.1 Å². The number of hydrogen-bond acceptors (Lipinski definition) is 4. The zero-order valence-electron chi connectivity index (χ0n) is 11.2. The predicted octanol–water partition coefficient (Wildman–Crippen LogP) is 1.39. The summed E-state index contributed by atoms with van der Waals surface area (Å²) in [5.74, 6) is 0. The second-order valence-corrected chi connectivity index (χ2v) is 5.96. The minimum atomic E-state index is 0.387. The largest absolute Gasteiger partial charge is 0.388 e.